The van der Waals surface area contributed by atoms with Crippen LogP contribution in [0.15, 0.2) is 0 Å². The molecule has 194 valence electrons. The second-order valence-electron chi connectivity index (χ2n) is 9.03. The van der Waals surface area contributed by atoms with Crippen molar-refractivity contribution in [2.75, 3.05) is 43.5 Å². The first kappa shape index (κ1) is 26.4. The third kappa shape index (κ3) is 6.70. The number of aromatic nitrogens is 2. The van der Waals surface area contributed by atoms with Crippen LogP contribution in [0, 0.1) is 16.0 Å². The summed E-state index contributed by atoms with van der Waals surface area (Å²) in [7, 11) is 0. The van der Waals surface area contributed by atoms with E-state index in [-0.39, 0.29) is 43.2 Å². The fourth-order valence-corrected chi connectivity index (χ4v) is 4.68. The summed E-state index contributed by atoms with van der Waals surface area (Å²) in [4.78, 5) is 48.8. The first-order chi connectivity index (χ1) is 16.8. The maximum absolute atomic E-state index is 13.1. The number of unbranched alkanes of at least 4 members (excludes halogenated alkanes) is 1. The summed E-state index contributed by atoms with van der Waals surface area (Å²) >= 11 is 0. The fraction of sp³-hybridized carbons (Fsp3) is 0.739. The van der Waals surface area contributed by atoms with Crippen molar-refractivity contribution in [3.8, 4) is 6.01 Å². The Balaban J connectivity index is 1.93. The maximum atomic E-state index is 13.1. The van der Waals surface area contributed by atoms with Crippen LogP contribution in [-0.4, -0.2) is 70.6 Å². The molecule has 12 heteroatoms. The molecule has 0 bridgehead atoms. The fourth-order valence-electron chi connectivity index (χ4n) is 4.68. The van der Waals surface area contributed by atoms with Crippen molar-refractivity contribution >= 4 is 29.2 Å². The summed E-state index contributed by atoms with van der Waals surface area (Å²) in [6, 6.07) is -1.06. The quantitative estimate of drug-likeness (QED) is 0.223. The lowest BCUT2D eigenvalue weighted by molar-refractivity contribution is -0.383. The van der Waals surface area contributed by atoms with Crippen molar-refractivity contribution in [3.05, 3.63) is 10.1 Å². The number of amides is 1. The van der Waals surface area contributed by atoms with E-state index >= 15 is 0 Å². The largest absolute Gasteiger partial charge is 0.464 e. The van der Waals surface area contributed by atoms with Gasteiger partial charge < -0.3 is 25.0 Å². The Bertz CT molecular complexity index is 907. The Hall–Kier alpha value is -3.18. The molecule has 1 aliphatic carbocycles. The van der Waals surface area contributed by atoms with E-state index in [0.29, 0.717) is 31.9 Å². The minimum Gasteiger partial charge on any atom is -0.464 e. The Kier molecular flexibility index (Phi) is 9.44. The van der Waals surface area contributed by atoms with Gasteiger partial charge in [0, 0.05) is 19.5 Å². The first-order valence-electron chi connectivity index (χ1n) is 12.5. The van der Waals surface area contributed by atoms with Crippen molar-refractivity contribution in [3.63, 3.8) is 0 Å². The van der Waals surface area contributed by atoms with E-state index < -0.39 is 22.6 Å². The molecule has 3 rings (SSSR count). The number of nitrogens with two attached hydrogens (primary N) is 1. The smallest absolute Gasteiger partial charge is 0.353 e. The molecule has 1 aromatic rings. The molecule has 2 aliphatic rings. The molecule has 2 N–H and O–H groups in total. The van der Waals surface area contributed by atoms with E-state index in [1.165, 1.54) is 4.90 Å². The van der Waals surface area contributed by atoms with Gasteiger partial charge in [-0.15, -0.1) is 0 Å². The van der Waals surface area contributed by atoms with Crippen LogP contribution in [0.25, 0.3) is 0 Å². The molecule has 1 atom stereocenters. The predicted molar refractivity (Wildman–Crippen MR) is 129 cm³/mol. The van der Waals surface area contributed by atoms with Gasteiger partial charge in [0.25, 0.3) is 0 Å². The number of carbonyl (C=O) groups excluding carboxylic acids is 2. The van der Waals surface area contributed by atoms with Crippen LogP contribution in [0.2, 0.25) is 0 Å². The van der Waals surface area contributed by atoms with Crippen molar-refractivity contribution in [2.45, 2.75) is 71.3 Å². The van der Waals surface area contributed by atoms with Crippen LogP contribution in [0.4, 0.5) is 17.3 Å². The summed E-state index contributed by atoms with van der Waals surface area (Å²) in [5.41, 5.74) is 5.45. The summed E-state index contributed by atoms with van der Waals surface area (Å²) in [6.45, 7) is 4.90. The van der Waals surface area contributed by atoms with Crippen molar-refractivity contribution in [1.82, 2.24) is 14.9 Å². The molecular formula is C23H36N6O6. The zero-order valence-electron chi connectivity index (χ0n) is 20.6. The van der Waals surface area contributed by atoms with Gasteiger partial charge >= 0.3 is 17.7 Å². The van der Waals surface area contributed by atoms with Gasteiger partial charge in [-0.2, -0.15) is 9.97 Å². The number of anilines is 2. The van der Waals surface area contributed by atoms with E-state index in [1.807, 2.05) is 6.92 Å². The Morgan fingerprint density at radius 3 is 2.57 bits per heavy atom. The summed E-state index contributed by atoms with van der Waals surface area (Å²) in [6.07, 6.45) is 6.95. The van der Waals surface area contributed by atoms with E-state index in [4.69, 9.17) is 15.2 Å². The highest BCUT2D eigenvalue weighted by atomic mass is 16.6. The second kappa shape index (κ2) is 12.5. The summed E-state index contributed by atoms with van der Waals surface area (Å²) < 4.78 is 10.9. The minimum atomic E-state index is -0.971. The lowest BCUT2D eigenvalue weighted by atomic mass is 10.0. The molecule has 1 unspecified atom stereocenters. The number of carbonyl (C=O) groups is 2. The normalized spacial score (nSPS) is 18.9. The molecule has 0 spiro atoms. The van der Waals surface area contributed by atoms with Gasteiger partial charge in [0.2, 0.25) is 17.5 Å². The molecule has 1 aliphatic heterocycles. The van der Waals surface area contributed by atoms with E-state index in [0.717, 1.165) is 38.5 Å². The van der Waals surface area contributed by atoms with Gasteiger partial charge in [0.1, 0.15) is 6.04 Å². The minimum absolute atomic E-state index is 0.00617. The SMILES string of the molecule is CCCCOc1nc(N)c([N+](=O)[O-])c(N2CCCN(C(=O)CC3CCCC3)CC2C(=O)OCC)n1. The van der Waals surface area contributed by atoms with Crippen LogP contribution in [0.5, 0.6) is 6.01 Å². The van der Waals surface area contributed by atoms with Crippen LogP contribution >= 0.6 is 0 Å². The van der Waals surface area contributed by atoms with Gasteiger partial charge in [0.05, 0.1) is 24.7 Å². The standard InChI is InChI=1S/C23H36N6O6/c1-3-5-13-35-23-25-20(24)19(29(32)33)21(26-23)28-12-8-11-27(15-17(28)22(31)34-4-2)18(30)14-16-9-6-7-10-16/h16-17H,3-15H2,1-2H3,(H2,24,25,26). The monoisotopic (exact) mass is 492 g/mol. The van der Waals surface area contributed by atoms with E-state index in [1.54, 1.807) is 11.8 Å². The molecule has 0 aromatic carbocycles. The average molecular weight is 493 g/mol. The topological polar surface area (TPSA) is 154 Å². The summed E-state index contributed by atoms with van der Waals surface area (Å²) in [5.74, 6) is -0.653. The van der Waals surface area contributed by atoms with Gasteiger partial charge in [0.15, 0.2) is 0 Å². The highest BCUT2D eigenvalue weighted by Crippen LogP contribution is 2.35. The highest BCUT2D eigenvalue weighted by Gasteiger charge is 2.39. The maximum Gasteiger partial charge on any atom is 0.353 e. The number of nitro groups is 1. The number of nitrogens with zero attached hydrogens (tertiary/aromatic N) is 5. The molecule has 12 nitrogen and oxygen atoms in total. The van der Waals surface area contributed by atoms with Crippen LogP contribution in [0.3, 0.4) is 0 Å². The zero-order valence-corrected chi connectivity index (χ0v) is 20.6. The molecule has 1 amide bonds. The van der Waals surface area contributed by atoms with Crippen molar-refractivity contribution in [2.24, 2.45) is 5.92 Å². The molecular weight excluding hydrogens is 456 g/mol. The number of ether oxygens (including phenoxy) is 2. The number of hydrogen-bond donors (Lipinski definition) is 1. The molecule has 0 radical (unpaired) electrons. The molecule has 1 aromatic heterocycles. The Morgan fingerprint density at radius 2 is 1.91 bits per heavy atom. The third-order valence-electron chi connectivity index (χ3n) is 6.50. The van der Waals surface area contributed by atoms with E-state index in [9.17, 15) is 19.7 Å². The molecule has 2 fully saturated rings. The first-order valence-corrected chi connectivity index (χ1v) is 12.5. The number of nitrogen functional groups attached to an aromatic ring is 1. The molecule has 35 heavy (non-hydrogen) atoms. The van der Waals surface area contributed by atoms with Crippen LogP contribution < -0.4 is 15.4 Å². The van der Waals surface area contributed by atoms with Crippen molar-refractivity contribution < 1.29 is 24.0 Å². The number of esters is 1. The van der Waals surface area contributed by atoms with Gasteiger partial charge in [-0.3, -0.25) is 14.9 Å². The highest BCUT2D eigenvalue weighted by molar-refractivity contribution is 5.84. The van der Waals surface area contributed by atoms with Crippen LogP contribution in [0.1, 0.15) is 65.2 Å². The van der Waals surface area contributed by atoms with Crippen LogP contribution in [-0.2, 0) is 14.3 Å². The zero-order chi connectivity index (χ0) is 25.4. The number of hydrogen-bond acceptors (Lipinski definition) is 10. The van der Waals surface area contributed by atoms with Gasteiger partial charge in [-0.05, 0) is 38.5 Å². The second-order valence-corrected chi connectivity index (χ2v) is 9.03. The average Bonchev–Trinajstić information content (AvgIpc) is 3.21. The molecule has 2 heterocycles. The third-order valence-corrected chi connectivity index (χ3v) is 6.50. The predicted octanol–water partition coefficient (Wildman–Crippen LogP) is 2.70. The van der Waals surface area contributed by atoms with Gasteiger partial charge in [-0.1, -0.05) is 26.2 Å². The Morgan fingerprint density at radius 1 is 1.17 bits per heavy atom. The summed E-state index contributed by atoms with van der Waals surface area (Å²) in [5, 5.41) is 11.9. The Labute approximate surface area is 205 Å². The van der Waals surface area contributed by atoms with E-state index in [2.05, 4.69) is 9.97 Å². The molecule has 1 saturated carbocycles. The lowest BCUT2D eigenvalue weighted by Gasteiger charge is -2.31. The lowest BCUT2D eigenvalue weighted by Crippen LogP contribution is -2.49. The molecule has 1 saturated heterocycles. The van der Waals surface area contributed by atoms with Gasteiger partial charge in [-0.25, -0.2) is 4.79 Å². The number of rotatable bonds is 10. The van der Waals surface area contributed by atoms with Crippen molar-refractivity contribution in [1.29, 1.82) is 0 Å².